The molecule has 0 spiro atoms. The number of carbonyl (C=O) groups is 1. The van der Waals surface area contributed by atoms with Crippen LogP contribution in [-0.2, 0) is 4.79 Å². The zero-order valence-electron chi connectivity index (χ0n) is 16.0. The molecule has 8 heteroatoms. The fourth-order valence-electron chi connectivity index (χ4n) is 3.50. The minimum atomic E-state index is -0.321. The predicted octanol–water partition coefficient (Wildman–Crippen LogP) is 3.24. The van der Waals surface area contributed by atoms with Gasteiger partial charge in [-0.2, -0.15) is 4.52 Å². The fraction of sp³-hybridized carbons (Fsp3) is 0.400. The number of hydrogen-bond acceptors (Lipinski definition) is 5. The van der Waals surface area contributed by atoms with Crippen molar-refractivity contribution >= 4 is 23.1 Å². The number of anilines is 2. The monoisotopic (exact) mass is 382 g/mol. The van der Waals surface area contributed by atoms with Gasteiger partial charge in [-0.1, -0.05) is 13.8 Å². The summed E-state index contributed by atoms with van der Waals surface area (Å²) < 4.78 is 14.8. The van der Waals surface area contributed by atoms with Gasteiger partial charge in [-0.15, -0.1) is 15.3 Å². The SMILES string of the molecule is CC(C)c1nnc2ccc(N3CCCC(C(=O)Nc4ccc(F)cc4)C3)nn12. The van der Waals surface area contributed by atoms with Crippen molar-refractivity contribution in [1.29, 1.82) is 0 Å². The Morgan fingerprint density at radius 2 is 1.96 bits per heavy atom. The van der Waals surface area contributed by atoms with Gasteiger partial charge in [-0.05, 0) is 49.2 Å². The first kappa shape index (κ1) is 18.3. The van der Waals surface area contributed by atoms with E-state index in [2.05, 4.69) is 34.3 Å². The Labute approximate surface area is 162 Å². The van der Waals surface area contributed by atoms with Crippen molar-refractivity contribution in [3.8, 4) is 0 Å². The summed E-state index contributed by atoms with van der Waals surface area (Å²) in [5.41, 5.74) is 1.32. The summed E-state index contributed by atoms with van der Waals surface area (Å²) in [6.07, 6.45) is 1.72. The summed E-state index contributed by atoms with van der Waals surface area (Å²) in [4.78, 5) is 14.8. The van der Waals surface area contributed by atoms with Gasteiger partial charge in [0.05, 0.1) is 5.92 Å². The topological polar surface area (TPSA) is 75.4 Å². The molecule has 1 aliphatic rings. The number of nitrogens with zero attached hydrogens (tertiary/aromatic N) is 5. The lowest BCUT2D eigenvalue weighted by Gasteiger charge is -2.32. The third kappa shape index (κ3) is 3.67. The Bertz CT molecular complexity index is 984. The highest BCUT2D eigenvalue weighted by atomic mass is 19.1. The first-order valence-corrected chi connectivity index (χ1v) is 9.55. The van der Waals surface area contributed by atoms with Gasteiger partial charge in [-0.25, -0.2) is 4.39 Å². The number of hydrogen-bond donors (Lipinski definition) is 1. The van der Waals surface area contributed by atoms with Crippen molar-refractivity contribution in [2.75, 3.05) is 23.3 Å². The normalized spacial score (nSPS) is 17.3. The summed E-state index contributed by atoms with van der Waals surface area (Å²) in [5, 5.41) is 16.0. The Kier molecular flexibility index (Phi) is 4.93. The number of fused-ring (bicyclic) bond motifs is 1. The van der Waals surface area contributed by atoms with Crippen LogP contribution in [0.1, 0.15) is 38.4 Å². The molecule has 0 aliphatic carbocycles. The van der Waals surface area contributed by atoms with Crippen LogP contribution in [0.4, 0.5) is 15.9 Å². The fourth-order valence-corrected chi connectivity index (χ4v) is 3.50. The van der Waals surface area contributed by atoms with Crippen molar-refractivity contribution in [2.24, 2.45) is 5.92 Å². The molecule has 1 unspecified atom stereocenters. The molecule has 146 valence electrons. The average molecular weight is 382 g/mol. The molecular formula is C20H23FN6O. The van der Waals surface area contributed by atoms with Gasteiger partial charge in [0.15, 0.2) is 11.5 Å². The smallest absolute Gasteiger partial charge is 0.229 e. The van der Waals surface area contributed by atoms with Gasteiger partial charge in [0.1, 0.15) is 11.6 Å². The Hall–Kier alpha value is -3.03. The van der Waals surface area contributed by atoms with Gasteiger partial charge in [-0.3, -0.25) is 4.79 Å². The maximum atomic E-state index is 13.0. The van der Waals surface area contributed by atoms with E-state index in [9.17, 15) is 9.18 Å². The van der Waals surface area contributed by atoms with Gasteiger partial charge in [0.25, 0.3) is 0 Å². The highest BCUT2D eigenvalue weighted by Crippen LogP contribution is 2.24. The second kappa shape index (κ2) is 7.53. The van der Waals surface area contributed by atoms with Gasteiger partial charge in [0.2, 0.25) is 5.91 Å². The molecule has 1 N–H and O–H groups in total. The lowest BCUT2D eigenvalue weighted by Crippen LogP contribution is -2.41. The molecule has 2 aromatic heterocycles. The van der Waals surface area contributed by atoms with Crippen molar-refractivity contribution in [1.82, 2.24) is 19.8 Å². The van der Waals surface area contributed by atoms with E-state index in [0.717, 1.165) is 36.7 Å². The van der Waals surface area contributed by atoms with Crippen molar-refractivity contribution in [2.45, 2.75) is 32.6 Å². The number of carbonyl (C=O) groups excluding carboxylic acids is 1. The Morgan fingerprint density at radius 1 is 1.18 bits per heavy atom. The summed E-state index contributed by atoms with van der Waals surface area (Å²) in [7, 11) is 0. The molecule has 1 aliphatic heterocycles. The summed E-state index contributed by atoms with van der Waals surface area (Å²) in [5.74, 6) is 1.32. The van der Waals surface area contributed by atoms with Crippen LogP contribution in [0.15, 0.2) is 36.4 Å². The summed E-state index contributed by atoms with van der Waals surface area (Å²) in [6.45, 7) is 5.55. The van der Waals surface area contributed by atoms with Crippen LogP contribution in [0.25, 0.3) is 5.65 Å². The number of piperidine rings is 1. The average Bonchev–Trinajstić information content (AvgIpc) is 3.13. The zero-order chi connectivity index (χ0) is 19.7. The predicted molar refractivity (Wildman–Crippen MR) is 105 cm³/mol. The van der Waals surface area contributed by atoms with Crippen molar-refractivity contribution in [3.63, 3.8) is 0 Å². The van der Waals surface area contributed by atoms with Gasteiger partial charge in [0, 0.05) is 24.7 Å². The number of aromatic nitrogens is 4. The molecule has 3 heterocycles. The lowest BCUT2D eigenvalue weighted by atomic mass is 9.97. The number of rotatable bonds is 4. The third-order valence-corrected chi connectivity index (χ3v) is 5.02. The molecular weight excluding hydrogens is 359 g/mol. The summed E-state index contributed by atoms with van der Waals surface area (Å²) >= 11 is 0. The first-order chi connectivity index (χ1) is 13.5. The van der Waals surface area contributed by atoms with E-state index >= 15 is 0 Å². The van der Waals surface area contributed by atoms with Crippen LogP contribution in [-0.4, -0.2) is 38.8 Å². The van der Waals surface area contributed by atoms with Gasteiger partial charge < -0.3 is 10.2 Å². The minimum Gasteiger partial charge on any atom is -0.354 e. The van der Waals surface area contributed by atoms with E-state index in [4.69, 9.17) is 5.10 Å². The number of benzene rings is 1. The molecule has 1 aromatic carbocycles. The molecule has 0 bridgehead atoms. The molecule has 4 rings (SSSR count). The minimum absolute atomic E-state index is 0.0513. The first-order valence-electron chi connectivity index (χ1n) is 9.55. The van der Waals surface area contributed by atoms with E-state index in [0.29, 0.717) is 12.2 Å². The summed E-state index contributed by atoms with van der Waals surface area (Å²) in [6, 6.07) is 9.66. The van der Waals surface area contributed by atoms with E-state index in [1.54, 1.807) is 16.6 Å². The molecule has 3 aromatic rings. The number of amides is 1. The second-order valence-electron chi connectivity index (χ2n) is 7.46. The molecule has 1 saturated heterocycles. The molecule has 1 amide bonds. The Balaban J connectivity index is 1.50. The van der Waals surface area contributed by atoms with Crippen LogP contribution >= 0.6 is 0 Å². The van der Waals surface area contributed by atoms with Crippen LogP contribution in [0, 0.1) is 11.7 Å². The number of nitrogens with one attached hydrogen (secondary N) is 1. The third-order valence-electron chi connectivity index (χ3n) is 5.02. The highest BCUT2D eigenvalue weighted by molar-refractivity contribution is 5.93. The van der Waals surface area contributed by atoms with Crippen LogP contribution in [0.3, 0.4) is 0 Å². The largest absolute Gasteiger partial charge is 0.354 e. The van der Waals surface area contributed by atoms with Crippen LogP contribution in [0.5, 0.6) is 0 Å². The van der Waals surface area contributed by atoms with Crippen LogP contribution in [0.2, 0.25) is 0 Å². The molecule has 7 nitrogen and oxygen atoms in total. The highest BCUT2D eigenvalue weighted by Gasteiger charge is 2.27. The maximum Gasteiger partial charge on any atom is 0.229 e. The van der Waals surface area contributed by atoms with Crippen molar-refractivity contribution in [3.05, 3.63) is 48.0 Å². The molecule has 0 saturated carbocycles. The zero-order valence-corrected chi connectivity index (χ0v) is 16.0. The molecule has 1 fully saturated rings. The lowest BCUT2D eigenvalue weighted by molar-refractivity contribution is -0.120. The van der Waals surface area contributed by atoms with E-state index in [1.807, 2.05) is 12.1 Å². The van der Waals surface area contributed by atoms with E-state index in [1.165, 1.54) is 12.1 Å². The van der Waals surface area contributed by atoms with E-state index in [-0.39, 0.29) is 23.6 Å². The quantitative estimate of drug-likeness (QED) is 0.750. The molecule has 1 atom stereocenters. The van der Waals surface area contributed by atoms with Crippen molar-refractivity contribution < 1.29 is 9.18 Å². The second-order valence-corrected chi connectivity index (χ2v) is 7.46. The Morgan fingerprint density at radius 3 is 2.71 bits per heavy atom. The van der Waals surface area contributed by atoms with E-state index < -0.39 is 0 Å². The molecule has 28 heavy (non-hydrogen) atoms. The van der Waals surface area contributed by atoms with Crippen LogP contribution < -0.4 is 10.2 Å². The standard InChI is InChI=1S/C20H23FN6O/c1-13(2)19-24-23-17-9-10-18(25-27(17)19)26-11-3-4-14(12-26)20(28)22-16-7-5-15(21)6-8-16/h5-10,13-14H,3-4,11-12H2,1-2H3,(H,22,28). The number of halogens is 1. The molecule has 0 radical (unpaired) electrons. The maximum absolute atomic E-state index is 13.0. The van der Waals surface area contributed by atoms with Gasteiger partial charge >= 0.3 is 0 Å².